The number of ether oxygens (including phenoxy) is 2. The third-order valence-electron chi connectivity index (χ3n) is 5.11. The summed E-state index contributed by atoms with van der Waals surface area (Å²) < 4.78 is 25.1. The molecule has 0 amide bonds. The summed E-state index contributed by atoms with van der Waals surface area (Å²) in [6.07, 6.45) is 0.478. The third-order valence-corrected chi connectivity index (χ3v) is 5.35. The Kier molecular flexibility index (Phi) is 5.98. The Morgan fingerprint density at radius 3 is 2.96 bits per heavy atom. The lowest BCUT2D eigenvalue weighted by molar-refractivity contribution is -0.178. The van der Waals surface area contributed by atoms with Crippen LogP contribution >= 0.6 is 11.6 Å². The average molecular weight is 359 g/mol. The Morgan fingerprint density at radius 1 is 1.33 bits per heavy atom. The number of alkyl halides is 1. The first-order valence-corrected chi connectivity index (χ1v) is 8.94. The van der Waals surface area contributed by atoms with Crippen molar-refractivity contribution in [3.63, 3.8) is 0 Å². The van der Waals surface area contributed by atoms with E-state index in [1.165, 1.54) is 0 Å². The predicted molar refractivity (Wildman–Crippen MR) is 88.8 cm³/mol. The van der Waals surface area contributed by atoms with Crippen molar-refractivity contribution in [1.82, 2.24) is 0 Å². The van der Waals surface area contributed by atoms with Crippen LogP contribution in [0.4, 0.5) is 4.39 Å². The molecule has 2 N–H and O–H groups in total. The molecule has 1 aliphatic carbocycles. The Bertz CT molecular complexity index is 544. The molecule has 1 aromatic carbocycles. The van der Waals surface area contributed by atoms with Crippen LogP contribution in [0.2, 0.25) is 5.02 Å². The second kappa shape index (κ2) is 8.00. The van der Waals surface area contributed by atoms with Crippen LogP contribution in [-0.2, 0) is 4.74 Å². The van der Waals surface area contributed by atoms with Gasteiger partial charge in [0.05, 0.1) is 12.2 Å². The highest BCUT2D eigenvalue weighted by Gasteiger charge is 2.45. The number of benzene rings is 1. The Balaban J connectivity index is 1.45. The first-order valence-electron chi connectivity index (χ1n) is 8.57. The van der Waals surface area contributed by atoms with Gasteiger partial charge in [-0.25, -0.2) is 4.39 Å². The lowest BCUT2D eigenvalue weighted by Crippen LogP contribution is -2.34. The van der Waals surface area contributed by atoms with E-state index in [-0.39, 0.29) is 24.5 Å². The monoisotopic (exact) mass is 358 g/mol. The number of hydrogen-bond donors (Lipinski definition) is 2. The summed E-state index contributed by atoms with van der Waals surface area (Å²) in [6, 6.07) is 6.90. The van der Waals surface area contributed by atoms with Gasteiger partial charge in [-0.1, -0.05) is 17.7 Å². The Morgan fingerprint density at radius 2 is 2.17 bits per heavy atom. The van der Waals surface area contributed by atoms with Gasteiger partial charge in [0.25, 0.3) is 0 Å². The van der Waals surface area contributed by atoms with Crippen molar-refractivity contribution in [3.8, 4) is 5.75 Å². The third kappa shape index (κ3) is 4.39. The van der Waals surface area contributed by atoms with E-state index in [4.69, 9.17) is 21.1 Å². The van der Waals surface area contributed by atoms with Crippen molar-refractivity contribution in [2.24, 2.45) is 11.8 Å². The number of hydrogen-bond acceptors (Lipinski definition) is 4. The number of halogens is 2. The quantitative estimate of drug-likeness (QED) is 0.819. The Hall–Kier alpha value is -0.880. The molecule has 0 radical (unpaired) electrons. The SMILES string of the molecule is OC1CCC2C(CC(O)C2CCC(F)COc2cccc(Cl)c2)O1. The van der Waals surface area contributed by atoms with Crippen molar-refractivity contribution in [3.05, 3.63) is 29.3 Å². The molecule has 6 atom stereocenters. The summed E-state index contributed by atoms with van der Waals surface area (Å²) in [5.74, 6) is 0.803. The summed E-state index contributed by atoms with van der Waals surface area (Å²) in [4.78, 5) is 0. The average Bonchev–Trinajstić information content (AvgIpc) is 2.85. The van der Waals surface area contributed by atoms with Gasteiger partial charge in [0, 0.05) is 11.4 Å². The minimum atomic E-state index is -1.09. The van der Waals surface area contributed by atoms with E-state index in [1.807, 2.05) is 0 Å². The fourth-order valence-corrected chi connectivity index (χ4v) is 4.10. The molecule has 0 bridgehead atoms. The fourth-order valence-electron chi connectivity index (χ4n) is 3.92. The molecule has 1 saturated heterocycles. The lowest BCUT2D eigenvalue weighted by atomic mass is 9.84. The molecule has 2 aliphatic rings. The minimum absolute atomic E-state index is 0.0214. The molecule has 1 aromatic rings. The molecule has 6 heteroatoms. The van der Waals surface area contributed by atoms with Crippen LogP contribution in [0.25, 0.3) is 0 Å². The zero-order chi connectivity index (χ0) is 17.1. The van der Waals surface area contributed by atoms with Crippen molar-refractivity contribution in [2.75, 3.05) is 6.61 Å². The van der Waals surface area contributed by atoms with E-state index >= 15 is 0 Å². The lowest BCUT2D eigenvalue weighted by Gasteiger charge is -2.32. The van der Waals surface area contributed by atoms with E-state index in [2.05, 4.69) is 0 Å². The van der Waals surface area contributed by atoms with Gasteiger partial charge in [-0.15, -0.1) is 0 Å². The maximum absolute atomic E-state index is 14.1. The molecule has 4 nitrogen and oxygen atoms in total. The van der Waals surface area contributed by atoms with Crippen LogP contribution in [0.5, 0.6) is 5.75 Å². The number of fused-ring (bicyclic) bond motifs is 1. The van der Waals surface area contributed by atoms with Crippen LogP contribution in [-0.4, -0.2) is 41.5 Å². The molecule has 0 spiro atoms. The maximum Gasteiger partial charge on any atom is 0.154 e. The zero-order valence-corrected chi connectivity index (χ0v) is 14.2. The minimum Gasteiger partial charge on any atom is -0.491 e. The maximum atomic E-state index is 14.1. The molecule has 1 heterocycles. The first kappa shape index (κ1) is 17.9. The number of aliphatic hydroxyl groups is 2. The van der Waals surface area contributed by atoms with Gasteiger partial charge in [0.1, 0.15) is 18.5 Å². The van der Waals surface area contributed by atoms with E-state index < -0.39 is 18.6 Å². The van der Waals surface area contributed by atoms with Crippen LogP contribution in [0, 0.1) is 11.8 Å². The molecule has 1 aliphatic heterocycles. The predicted octanol–water partition coefficient (Wildman–Crippen LogP) is 3.33. The van der Waals surface area contributed by atoms with Gasteiger partial charge in [0.15, 0.2) is 6.29 Å². The van der Waals surface area contributed by atoms with Gasteiger partial charge in [-0.3, -0.25) is 0 Å². The highest BCUT2D eigenvalue weighted by molar-refractivity contribution is 6.30. The van der Waals surface area contributed by atoms with Crippen molar-refractivity contribution >= 4 is 11.6 Å². The molecular formula is C18H24ClFO4. The molecule has 1 saturated carbocycles. The van der Waals surface area contributed by atoms with Gasteiger partial charge in [-0.2, -0.15) is 0 Å². The topological polar surface area (TPSA) is 58.9 Å². The van der Waals surface area contributed by atoms with E-state index in [0.717, 1.165) is 6.42 Å². The van der Waals surface area contributed by atoms with E-state index in [0.29, 0.717) is 36.5 Å². The molecule has 2 fully saturated rings. The van der Waals surface area contributed by atoms with Gasteiger partial charge in [0.2, 0.25) is 0 Å². The summed E-state index contributed by atoms with van der Waals surface area (Å²) in [5.41, 5.74) is 0. The van der Waals surface area contributed by atoms with E-state index in [9.17, 15) is 14.6 Å². The zero-order valence-electron chi connectivity index (χ0n) is 13.5. The van der Waals surface area contributed by atoms with Crippen LogP contribution in [0.15, 0.2) is 24.3 Å². The number of rotatable bonds is 6. The molecule has 6 unspecified atom stereocenters. The normalized spacial score (nSPS) is 33.9. The largest absolute Gasteiger partial charge is 0.491 e. The van der Waals surface area contributed by atoms with Crippen molar-refractivity contribution in [2.45, 2.75) is 56.8 Å². The van der Waals surface area contributed by atoms with Crippen molar-refractivity contribution in [1.29, 1.82) is 0 Å². The van der Waals surface area contributed by atoms with Gasteiger partial charge >= 0.3 is 0 Å². The highest BCUT2D eigenvalue weighted by Crippen LogP contribution is 2.43. The second-order valence-corrected chi connectivity index (χ2v) is 7.22. The summed E-state index contributed by atoms with van der Waals surface area (Å²) in [7, 11) is 0. The molecule has 0 aromatic heterocycles. The second-order valence-electron chi connectivity index (χ2n) is 6.78. The fraction of sp³-hybridized carbons (Fsp3) is 0.667. The Labute approximate surface area is 146 Å². The molecular weight excluding hydrogens is 335 g/mol. The summed E-state index contributed by atoms with van der Waals surface area (Å²) >= 11 is 5.87. The van der Waals surface area contributed by atoms with Crippen LogP contribution in [0.1, 0.15) is 32.1 Å². The first-order chi connectivity index (χ1) is 11.5. The highest BCUT2D eigenvalue weighted by atomic mass is 35.5. The molecule has 3 rings (SSSR count). The summed E-state index contributed by atoms with van der Waals surface area (Å²) in [5, 5.41) is 20.3. The number of aliphatic hydroxyl groups excluding tert-OH is 2. The van der Waals surface area contributed by atoms with E-state index in [1.54, 1.807) is 24.3 Å². The summed E-state index contributed by atoms with van der Waals surface area (Å²) in [6.45, 7) is -0.0214. The van der Waals surface area contributed by atoms with Crippen LogP contribution in [0.3, 0.4) is 0 Å². The van der Waals surface area contributed by atoms with Gasteiger partial charge in [-0.05, 0) is 55.7 Å². The molecule has 134 valence electrons. The molecule has 24 heavy (non-hydrogen) atoms. The smallest absolute Gasteiger partial charge is 0.154 e. The van der Waals surface area contributed by atoms with Crippen molar-refractivity contribution < 1.29 is 24.1 Å². The van der Waals surface area contributed by atoms with Gasteiger partial charge < -0.3 is 19.7 Å². The standard InChI is InChI=1S/C18H24ClFO4/c19-11-2-1-3-13(8-11)23-10-12(20)4-5-14-15-6-7-18(22)24-17(15)9-16(14)21/h1-3,8,12,14-18,21-22H,4-7,9-10H2. The van der Waals surface area contributed by atoms with Crippen LogP contribution < -0.4 is 4.74 Å².